The fourth-order valence-electron chi connectivity index (χ4n) is 3.91. The minimum absolute atomic E-state index is 0.106. The molecule has 1 amide bonds. The van der Waals surface area contributed by atoms with Gasteiger partial charge in [0, 0.05) is 12.1 Å². The van der Waals surface area contributed by atoms with Crippen LogP contribution in [0.2, 0.25) is 0 Å². The van der Waals surface area contributed by atoms with Gasteiger partial charge in [-0.05, 0) is 90.8 Å². The quantitative estimate of drug-likeness (QED) is 0.213. The standard InChI is InChI=1S/C30H29FN2O4S/c1-5-7-22-16-21(17-26(36-4)28(22)37-19-20-8-10-23(31)11-9-20)18-27-29(34)33(6-2)30(38-27)32-24-12-14-25(35-3)15-13-24/h5,8-18H,1,6-7,19H2,2-4H3/b27-18+,32-30?. The molecule has 0 spiro atoms. The summed E-state index contributed by atoms with van der Waals surface area (Å²) in [5, 5.41) is 0.617. The number of ether oxygens (including phenoxy) is 3. The van der Waals surface area contributed by atoms with E-state index in [1.54, 1.807) is 37.3 Å². The van der Waals surface area contributed by atoms with E-state index in [1.807, 2.05) is 49.4 Å². The van der Waals surface area contributed by atoms with Crippen LogP contribution in [0.4, 0.5) is 10.1 Å². The molecule has 1 aliphatic heterocycles. The molecule has 0 saturated carbocycles. The zero-order valence-electron chi connectivity index (χ0n) is 21.6. The van der Waals surface area contributed by atoms with Crippen molar-refractivity contribution in [2.24, 2.45) is 4.99 Å². The van der Waals surface area contributed by atoms with E-state index in [0.29, 0.717) is 34.5 Å². The first-order valence-corrected chi connectivity index (χ1v) is 12.9. The zero-order valence-corrected chi connectivity index (χ0v) is 22.4. The lowest BCUT2D eigenvalue weighted by molar-refractivity contribution is -0.122. The molecule has 0 aliphatic carbocycles. The van der Waals surface area contributed by atoms with Crippen molar-refractivity contribution in [3.63, 3.8) is 0 Å². The number of methoxy groups -OCH3 is 2. The Bertz CT molecular complexity index is 1370. The maximum atomic E-state index is 13.3. The van der Waals surface area contributed by atoms with Crippen LogP contribution >= 0.6 is 11.8 Å². The average Bonchev–Trinajstić information content (AvgIpc) is 3.22. The third-order valence-electron chi connectivity index (χ3n) is 5.83. The number of aliphatic imine (C=N–C) groups is 1. The number of thioether (sulfide) groups is 1. The second-order valence-corrected chi connectivity index (χ2v) is 9.38. The maximum Gasteiger partial charge on any atom is 0.266 e. The molecule has 0 radical (unpaired) electrons. The minimum Gasteiger partial charge on any atom is -0.497 e. The molecule has 1 aliphatic rings. The monoisotopic (exact) mass is 532 g/mol. The summed E-state index contributed by atoms with van der Waals surface area (Å²) >= 11 is 1.33. The summed E-state index contributed by atoms with van der Waals surface area (Å²) in [5.74, 6) is 1.46. The Hall–Kier alpha value is -4.04. The van der Waals surface area contributed by atoms with E-state index < -0.39 is 0 Å². The van der Waals surface area contributed by atoms with E-state index in [-0.39, 0.29) is 18.3 Å². The maximum absolute atomic E-state index is 13.3. The second-order valence-electron chi connectivity index (χ2n) is 8.37. The van der Waals surface area contributed by atoms with Crippen LogP contribution in [0.15, 0.2) is 83.2 Å². The predicted molar refractivity (Wildman–Crippen MR) is 151 cm³/mol. The number of carbonyl (C=O) groups excluding carboxylic acids is 1. The average molecular weight is 533 g/mol. The van der Waals surface area contributed by atoms with Crippen LogP contribution in [0.3, 0.4) is 0 Å². The number of hydrogen-bond acceptors (Lipinski definition) is 6. The summed E-state index contributed by atoms with van der Waals surface area (Å²) in [6.07, 6.45) is 4.16. The molecular formula is C30H29FN2O4S. The molecule has 3 aromatic rings. The number of amides is 1. The van der Waals surface area contributed by atoms with Gasteiger partial charge < -0.3 is 14.2 Å². The number of halogens is 1. The van der Waals surface area contributed by atoms with Crippen molar-refractivity contribution in [1.82, 2.24) is 4.90 Å². The highest BCUT2D eigenvalue weighted by molar-refractivity contribution is 8.18. The van der Waals surface area contributed by atoms with Gasteiger partial charge in [0.15, 0.2) is 16.7 Å². The lowest BCUT2D eigenvalue weighted by Gasteiger charge is -2.16. The summed E-state index contributed by atoms with van der Waals surface area (Å²) in [4.78, 5) is 20.1. The zero-order chi connectivity index (χ0) is 27.1. The van der Waals surface area contributed by atoms with Gasteiger partial charge in [0.05, 0.1) is 24.8 Å². The Kier molecular flexibility index (Phi) is 8.86. The molecule has 4 rings (SSSR count). The minimum atomic E-state index is -0.297. The Morgan fingerprint density at radius 1 is 1.05 bits per heavy atom. The number of carbonyl (C=O) groups is 1. The summed E-state index contributed by atoms with van der Waals surface area (Å²) < 4.78 is 30.2. The molecule has 6 nitrogen and oxygen atoms in total. The number of allylic oxidation sites excluding steroid dienone is 1. The molecular weight excluding hydrogens is 503 g/mol. The summed E-state index contributed by atoms with van der Waals surface area (Å²) in [6, 6.07) is 17.3. The second kappa shape index (κ2) is 12.5. The van der Waals surface area contributed by atoms with Gasteiger partial charge in [0.1, 0.15) is 18.2 Å². The first-order chi connectivity index (χ1) is 18.4. The highest BCUT2D eigenvalue weighted by atomic mass is 32.2. The first kappa shape index (κ1) is 27.0. The van der Waals surface area contributed by atoms with E-state index in [0.717, 1.165) is 28.1 Å². The van der Waals surface area contributed by atoms with Crippen LogP contribution in [-0.4, -0.2) is 36.7 Å². The third-order valence-corrected chi connectivity index (χ3v) is 6.84. The highest BCUT2D eigenvalue weighted by Crippen LogP contribution is 2.38. The van der Waals surface area contributed by atoms with E-state index in [4.69, 9.17) is 14.2 Å². The van der Waals surface area contributed by atoms with Gasteiger partial charge in [-0.2, -0.15) is 0 Å². The summed E-state index contributed by atoms with van der Waals surface area (Å²) in [7, 11) is 3.19. The lowest BCUT2D eigenvalue weighted by Crippen LogP contribution is -2.28. The molecule has 8 heteroatoms. The summed E-state index contributed by atoms with van der Waals surface area (Å²) in [6.45, 7) is 6.54. The van der Waals surface area contributed by atoms with Crippen LogP contribution in [0.1, 0.15) is 23.6 Å². The molecule has 0 aromatic heterocycles. The van der Waals surface area contributed by atoms with Crippen LogP contribution in [0.25, 0.3) is 6.08 Å². The van der Waals surface area contributed by atoms with E-state index >= 15 is 0 Å². The van der Waals surface area contributed by atoms with Gasteiger partial charge in [-0.3, -0.25) is 9.69 Å². The SMILES string of the molecule is C=CCc1cc(/C=C2/SC(=Nc3ccc(OC)cc3)N(CC)C2=O)cc(OC)c1OCc1ccc(F)cc1. The Labute approximate surface area is 226 Å². The lowest BCUT2D eigenvalue weighted by atomic mass is 10.0. The van der Waals surface area contributed by atoms with Crippen molar-refractivity contribution in [1.29, 1.82) is 0 Å². The fraction of sp³-hybridized carbons (Fsp3) is 0.200. The van der Waals surface area contributed by atoms with Gasteiger partial charge in [0.2, 0.25) is 0 Å². The number of rotatable bonds is 10. The largest absolute Gasteiger partial charge is 0.497 e. The summed E-state index contributed by atoms with van der Waals surface area (Å²) in [5.41, 5.74) is 3.23. The van der Waals surface area contributed by atoms with Gasteiger partial charge in [-0.25, -0.2) is 9.38 Å². The van der Waals surface area contributed by atoms with Crippen LogP contribution in [0, 0.1) is 5.82 Å². The normalized spacial score (nSPS) is 15.3. The molecule has 0 unspecified atom stereocenters. The predicted octanol–water partition coefficient (Wildman–Crippen LogP) is 6.77. The number of likely N-dealkylation sites (N-methyl/N-ethyl adjacent to an activating group) is 1. The van der Waals surface area contributed by atoms with Crippen LogP contribution in [-0.2, 0) is 17.8 Å². The van der Waals surface area contributed by atoms with E-state index in [2.05, 4.69) is 11.6 Å². The topological polar surface area (TPSA) is 60.4 Å². The van der Waals surface area contributed by atoms with Gasteiger partial charge in [-0.1, -0.05) is 18.2 Å². The molecule has 196 valence electrons. The Balaban J connectivity index is 1.63. The van der Waals surface area contributed by atoms with Crippen molar-refractivity contribution in [2.75, 3.05) is 20.8 Å². The molecule has 38 heavy (non-hydrogen) atoms. The fourth-order valence-corrected chi connectivity index (χ4v) is 4.98. The molecule has 0 atom stereocenters. The molecule has 1 saturated heterocycles. The highest BCUT2D eigenvalue weighted by Gasteiger charge is 2.32. The molecule has 1 heterocycles. The van der Waals surface area contributed by atoms with Crippen LogP contribution < -0.4 is 14.2 Å². The number of benzene rings is 3. The van der Waals surface area contributed by atoms with E-state index in [1.165, 1.54) is 23.9 Å². The van der Waals surface area contributed by atoms with E-state index in [9.17, 15) is 9.18 Å². The first-order valence-electron chi connectivity index (χ1n) is 12.1. The molecule has 0 bridgehead atoms. The van der Waals surface area contributed by atoms with Crippen molar-refractivity contribution in [2.45, 2.75) is 20.0 Å². The van der Waals surface area contributed by atoms with Crippen molar-refractivity contribution >= 4 is 34.6 Å². The van der Waals surface area contributed by atoms with Crippen molar-refractivity contribution < 1.29 is 23.4 Å². The van der Waals surface area contributed by atoms with Crippen molar-refractivity contribution in [3.8, 4) is 17.2 Å². The van der Waals surface area contributed by atoms with Gasteiger partial charge in [0.25, 0.3) is 5.91 Å². The van der Waals surface area contributed by atoms with Crippen molar-refractivity contribution in [3.05, 3.63) is 101 Å². The number of hydrogen-bond donors (Lipinski definition) is 0. The molecule has 0 N–H and O–H groups in total. The van der Waals surface area contributed by atoms with Gasteiger partial charge >= 0.3 is 0 Å². The number of amidine groups is 1. The smallest absolute Gasteiger partial charge is 0.266 e. The van der Waals surface area contributed by atoms with Crippen LogP contribution in [0.5, 0.6) is 17.2 Å². The van der Waals surface area contributed by atoms with Gasteiger partial charge in [-0.15, -0.1) is 6.58 Å². The molecule has 3 aromatic carbocycles. The number of nitrogens with zero attached hydrogens (tertiary/aromatic N) is 2. The molecule has 1 fully saturated rings. The third kappa shape index (κ3) is 6.26. The Morgan fingerprint density at radius 3 is 2.42 bits per heavy atom. The Morgan fingerprint density at radius 2 is 1.79 bits per heavy atom.